The van der Waals surface area contributed by atoms with E-state index in [0.717, 1.165) is 17.7 Å². The van der Waals surface area contributed by atoms with Crippen LogP contribution in [0, 0.1) is 11.6 Å². The molecule has 0 radical (unpaired) electrons. The van der Waals surface area contributed by atoms with E-state index in [0.29, 0.717) is 12.8 Å². The van der Waals surface area contributed by atoms with Crippen LogP contribution in [-0.4, -0.2) is 19.3 Å². The summed E-state index contributed by atoms with van der Waals surface area (Å²) in [5.41, 5.74) is 0.936. The minimum atomic E-state index is -1.31. The van der Waals surface area contributed by atoms with E-state index in [1.807, 2.05) is 0 Å². The van der Waals surface area contributed by atoms with Crippen LogP contribution in [0.15, 0.2) is 48.3 Å². The maximum absolute atomic E-state index is 14.0. The van der Waals surface area contributed by atoms with Crippen LogP contribution in [0.5, 0.6) is 11.5 Å². The first-order chi connectivity index (χ1) is 13.0. The Balaban J connectivity index is 2.03. The highest BCUT2D eigenvalue weighted by atomic mass is 19.2. The molecule has 2 rings (SSSR count). The summed E-state index contributed by atoms with van der Waals surface area (Å²) in [6, 6.07) is 8.43. The van der Waals surface area contributed by atoms with Gasteiger partial charge in [-0.15, -0.1) is 0 Å². The predicted octanol–water partition coefficient (Wildman–Crippen LogP) is 5.34. The first-order valence-corrected chi connectivity index (χ1v) is 8.28. The summed E-state index contributed by atoms with van der Waals surface area (Å²) in [4.78, 5) is 12.1. The summed E-state index contributed by atoms with van der Waals surface area (Å²) in [6.45, 7) is 0.661. The quantitative estimate of drug-likeness (QED) is 0.351. The molecule has 0 atom stereocenters. The number of halogens is 4. The number of hydrogen-bond donors (Lipinski definition) is 0. The zero-order valence-corrected chi connectivity index (χ0v) is 14.6. The van der Waals surface area contributed by atoms with Gasteiger partial charge in [0.15, 0.2) is 11.5 Å². The first-order valence-electron chi connectivity index (χ1n) is 8.28. The molecule has 0 bridgehead atoms. The SMILES string of the molecule is CCOc1ccc(OC(=O)c2ccc(CC/C=C(\F)CF)cc2)c(F)c1F. The van der Waals surface area contributed by atoms with Crippen molar-refractivity contribution >= 4 is 5.97 Å². The fourth-order valence-corrected chi connectivity index (χ4v) is 2.28. The summed E-state index contributed by atoms with van der Waals surface area (Å²) >= 11 is 0. The number of ether oxygens (including phenoxy) is 2. The van der Waals surface area contributed by atoms with Gasteiger partial charge < -0.3 is 9.47 Å². The van der Waals surface area contributed by atoms with Crippen molar-refractivity contribution in [3.8, 4) is 11.5 Å². The average Bonchev–Trinajstić information content (AvgIpc) is 2.68. The van der Waals surface area contributed by atoms with Crippen molar-refractivity contribution in [3.63, 3.8) is 0 Å². The third-order valence-corrected chi connectivity index (χ3v) is 3.63. The van der Waals surface area contributed by atoms with Crippen LogP contribution in [0.1, 0.15) is 29.3 Å². The number of esters is 1. The molecule has 27 heavy (non-hydrogen) atoms. The molecule has 2 aromatic rings. The summed E-state index contributed by atoms with van der Waals surface area (Å²) in [5.74, 6) is -5.03. The molecule has 0 unspecified atom stereocenters. The van der Waals surface area contributed by atoms with E-state index in [1.54, 1.807) is 19.1 Å². The lowest BCUT2D eigenvalue weighted by Crippen LogP contribution is -2.10. The van der Waals surface area contributed by atoms with Crippen LogP contribution < -0.4 is 9.47 Å². The minimum absolute atomic E-state index is 0.137. The van der Waals surface area contributed by atoms with E-state index in [1.165, 1.54) is 18.2 Å². The Bertz CT molecular complexity index is 817. The number of carbonyl (C=O) groups is 1. The summed E-state index contributed by atoms with van der Waals surface area (Å²) in [7, 11) is 0. The van der Waals surface area contributed by atoms with Crippen LogP contribution in [0.25, 0.3) is 0 Å². The first kappa shape index (κ1) is 20.5. The van der Waals surface area contributed by atoms with E-state index in [4.69, 9.17) is 9.47 Å². The fourth-order valence-electron chi connectivity index (χ4n) is 2.28. The number of benzene rings is 2. The molecule has 0 heterocycles. The molecule has 0 spiro atoms. The van der Waals surface area contributed by atoms with Crippen molar-refractivity contribution in [1.82, 2.24) is 0 Å². The van der Waals surface area contributed by atoms with Gasteiger partial charge >= 0.3 is 5.97 Å². The van der Waals surface area contributed by atoms with Gasteiger partial charge in [-0.2, -0.15) is 8.78 Å². The lowest BCUT2D eigenvalue weighted by atomic mass is 10.1. The Morgan fingerprint density at radius 3 is 2.30 bits per heavy atom. The largest absolute Gasteiger partial charge is 0.491 e. The molecule has 0 aliphatic rings. The van der Waals surface area contributed by atoms with Crippen LogP contribution in [0.4, 0.5) is 17.6 Å². The molecule has 0 fully saturated rings. The molecule has 0 aromatic heterocycles. The van der Waals surface area contributed by atoms with Crippen molar-refractivity contribution in [2.45, 2.75) is 19.8 Å². The molecule has 144 valence electrons. The molecule has 0 N–H and O–H groups in total. The Morgan fingerprint density at radius 2 is 1.67 bits per heavy atom. The third-order valence-electron chi connectivity index (χ3n) is 3.63. The summed E-state index contributed by atoms with van der Waals surface area (Å²) in [5, 5.41) is 0. The smallest absolute Gasteiger partial charge is 0.343 e. The number of aryl methyl sites for hydroxylation is 1. The second kappa shape index (κ2) is 9.75. The minimum Gasteiger partial charge on any atom is -0.491 e. The standard InChI is InChI=1S/C20H18F4O3/c1-2-26-16-10-11-17(19(24)18(16)23)27-20(25)14-8-6-13(7-9-14)4-3-5-15(22)12-21/h5-11H,2-4,12H2,1H3/b15-5-. The number of rotatable bonds is 8. The third kappa shape index (κ3) is 5.57. The maximum Gasteiger partial charge on any atom is 0.343 e. The van der Waals surface area contributed by atoms with E-state index in [-0.39, 0.29) is 17.9 Å². The summed E-state index contributed by atoms with van der Waals surface area (Å²) < 4.78 is 62.3. The molecular weight excluding hydrogens is 364 g/mol. The van der Waals surface area contributed by atoms with Gasteiger partial charge in [0.05, 0.1) is 12.2 Å². The van der Waals surface area contributed by atoms with Crippen molar-refractivity contribution in [2.24, 2.45) is 0 Å². The Hall–Kier alpha value is -2.83. The van der Waals surface area contributed by atoms with Crippen molar-refractivity contribution in [3.05, 3.63) is 71.1 Å². The highest BCUT2D eigenvalue weighted by Crippen LogP contribution is 2.28. The second-order valence-electron chi connectivity index (χ2n) is 5.53. The van der Waals surface area contributed by atoms with Gasteiger partial charge in [0, 0.05) is 0 Å². The van der Waals surface area contributed by atoms with Gasteiger partial charge in [-0.1, -0.05) is 12.1 Å². The number of allylic oxidation sites excluding steroid dienone is 2. The van der Waals surface area contributed by atoms with Gasteiger partial charge in [0.1, 0.15) is 12.5 Å². The van der Waals surface area contributed by atoms with Crippen LogP contribution in [-0.2, 0) is 6.42 Å². The van der Waals surface area contributed by atoms with Gasteiger partial charge in [0.2, 0.25) is 11.6 Å². The Morgan fingerprint density at radius 1 is 1.04 bits per heavy atom. The molecule has 0 saturated heterocycles. The lowest BCUT2D eigenvalue weighted by molar-refractivity contribution is 0.0726. The van der Waals surface area contributed by atoms with Crippen LogP contribution >= 0.6 is 0 Å². The molecule has 0 amide bonds. The number of carbonyl (C=O) groups excluding carboxylic acids is 1. The monoisotopic (exact) mass is 382 g/mol. The zero-order chi connectivity index (χ0) is 19.8. The van der Waals surface area contributed by atoms with Gasteiger partial charge in [-0.3, -0.25) is 0 Å². The maximum atomic E-state index is 14.0. The molecule has 2 aromatic carbocycles. The van der Waals surface area contributed by atoms with Crippen molar-refractivity contribution in [1.29, 1.82) is 0 Å². The van der Waals surface area contributed by atoms with Crippen LogP contribution in [0.2, 0.25) is 0 Å². The number of alkyl halides is 1. The molecule has 7 heteroatoms. The normalized spacial score (nSPS) is 11.4. The Labute approximate surface area is 154 Å². The highest BCUT2D eigenvalue weighted by molar-refractivity contribution is 5.91. The number of hydrogen-bond acceptors (Lipinski definition) is 3. The van der Waals surface area contributed by atoms with E-state index in [9.17, 15) is 22.4 Å². The van der Waals surface area contributed by atoms with Crippen LogP contribution in [0.3, 0.4) is 0 Å². The molecule has 0 saturated carbocycles. The van der Waals surface area contributed by atoms with Gasteiger partial charge in [-0.25, -0.2) is 13.6 Å². The Kier molecular flexibility index (Phi) is 7.40. The van der Waals surface area contributed by atoms with Crippen molar-refractivity contribution in [2.75, 3.05) is 13.3 Å². The molecule has 0 aliphatic carbocycles. The lowest BCUT2D eigenvalue weighted by Gasteiger charge is -2.09. The fraction of sp³-hybridized carbons (Fsp3) is 0.250. The van der Waals surface area contributed by atoms with Gasteiger partial charge in [0.25, 0.3) is 0 Å². The molecule has 3 nitrogen and oxygen atoms in total. The molecule has 0 aliphatic heterocycles. The van der Waals surface area contributed by atoms with Crippen molar-refractivity contribution < 1.29 is 31.8 Å². The molecular formula is C20H18F4O3. The summed E-state index contributed by atoms with van der Waals surface area (Å²) in [6.07, 6.45) is 1.93. The zero-order valence-electron chi connectivity index (χ0n) is 14.6. The average molecular weight is 382 g/mol. The topological polar surface area (TPSA) is 35.5 Å². The second-order valence-corrected chi connectivity index (χ2v) is 5.53. The van der Waals surface area contributed by atoms with E-state index >= 15 is 0 Å². The highest BCUT2D eigenvalue weighted by Gasteiger charge is 2.18. The van der Waals surface area contributed by atoms with E-state index < -0.39 is 35.9 Å². The van der Waals surface area contributed by atoms with E-state index in [2.05, 4.69) is 0 Å². The predicted molar refractivity (Wildman–Crippen MR) is 92.4 cm³/mol. The van der Waals surface area contributed by atoms with Gasteiger partial charge in [-0.05, 0) is 55.7 Å².